The fraction of sp³-hybridized carbons (Fsp3) is 0.500. The van der Waals surface area contributed by atoms with Crippen LogP contribution >= 0.6 is 22.6 Å². The van der Waals surface area contributed by atoms with Crippen LogP contribution in [0.2, 0.25) is 0 Å². The SMILES string of the molecule is O=C(CN1CCC(CCO)C1)c1ccc(I)cc1. The van der Waals surface area contributed by atoms with E-state index in [-0.39, 0.29) is 12.4 Å². The number of aliphatic hydroxyl groups is 1. The summed E-state index contributed by atoms with van der Waals surface area (Å²) in [6.45, 7) is 2.67. The van der Waals surface area contributed by atoms with Crippen LogP contribution in [0.5, 0.6) is 0 Å². The summed E-state index contributed by atoms with van der Waals surface area (Å²) in [4.78, 5) is 14.3. The molecule has 4 heteroatoms. The van der Waals surface area contributed by atoms with Crippen molar-refractivity contribution in [1.82, 2.24) is 4.90 Å². The van der Waals surface area contributed by atoms with Crippen LogP contribution in [0.4, 0.5) is 0 Å². The van der Waals surface area contributed by atoms with Crippen molar-refractivity contribution in [3.8, 4) is 0 Å². The third-order valence-corrected chi connectivity index (χ3v) is 4.16. The van der Waals surface area contributed by atoms with Gasteiger partial charge in [-0.15, -0.1) is 0 Å². The lowest BCUT2D eigenvalue weighted by molar-refractivity contribution is 0.0942. The van der Waals surface area contributed by atoms with E-state index in [0.29, 0.717) is 12.5 Å². The van der Waals surface area contributed by atoms with Gasteiger partial charge in [0.05, 0.1) is 6.54 Å². The summed E-state index contributed by atoms with van der Waals surface area (Å²) in [6.07, 6.45) is 1.95. The standard InChI is InChI=1S/C14H18INO2/c15-13-3-1-12(2-4-13)14(18)10-16-7-5-11(9-16)6-8-17/h1-4,11,17H,5-10H2. The van der Waals surface area contributed by atoms with E-state index in [1.54, 1.807) is 0 Å². The summed E-state index contributed by atoms with van der Waals surface area (Å²) in [5.41, 5.74) is 0.793. The molecule has 1 aromatic rings. The lowest BCUT2D eigenvalue weighted by Gasteiger charge is -2.14. The smallest absolute Gasteiger partial charge is 0.176 e. The Labute approximate surface area is 121 Å². The second-order valence-electron chi connectivity index (χ2n) is 4.83. The number of hydrogen-bond acceptors (Lipinski definition) is 3. The highest BCUT2D eigenvalue weighted by atomic mass is 127. The molecule has 1 aliphatic heterocycles. The number of aliphatic hydroxyl groups excluding tert-OH is 1. The second kappa shape index (κ2) is 6.63. The Balaban J connectivity index is 1.87. The minimum absolute atomic E-state index is 0.191. The van der Waals surface area contributed by atoms with E-state index in [0.717, 1.165) is 35.1 Å². The Morgan fingerprint density at radius 3 is 2.78 bits per heavy atom. The highest BCUT2D eigenvalue weighted by Gasteiger charge is 2.23. The molecular formula is C14H18INO2. The van der Waals surface area contributed by atoms with Crippen LogP contribution < -0.4 is 0 Å². The lowest BCUT2D eigenvalue weighted by Crippen LogP contribution is -2.28. The van der Waals surface area contributed by atoms with E-state index in [9.17, 15) is 4.79 Å². The molecule has 98 valence electrons. The van der Waals surface area contributed by atoms with E-state index in [1.807, 2.05) is 24.3 Å². The molecule has 0 saturated carbocycles. The predicted molar refractivity (Wildman–Crippen MR) is 79.7 cm³/mol. The summed E-state index contributed by atoms with van der Waals surface area (Å²) in [5.74, 6) is 0.746. The van der Waals surface area contributed by atoms with Gasteiger partial charge in [0.25, 0.3) is 0 Å². The van der Waals surface area contributed by atoms with Gasteiger partial charge in [0.1, 0.15) is 0 Å². The first kappa shape index (κ1) is 14.0. The summed E-state index contributed by atoms with van der Waals surface area (Å²) >= 11 is 2.24. The molecule has 1 heterocycles. The normalized spacial score (nSPS) is 20.2. The molecule has 1 atom stereocenters. The molecule has 0 spiro atoms. The van der Waals surface area contributed by atoms with Crippen molar-refractivity contribution in [2.75, 3.05) is 26.2 Å². The monoisotopic (exact) mass is 359 g/mol. The first-order valence-electron chi connectivity index (χ1n) is 6.31. The highest BCUT2D eigenvalue weighted by molar-refractivity contribution is 14.1. The number of carbonyl (C=O) groups is 1. The maximum atomic E-state index is 12.1. The molecule has 0 bridgehead atoms. The molecule has 0 aromatic heterocycles. The predicted octanol–water partition coefficient (Wildman–Crippen LogP) is 2.18. The third kappa shape index (κ3) is 3.76. The third-order valence-electron chi connectivity index (χ3n) is 3.44. The fourth-order valence-electron chi connectivity index (χ4n) is 2.40. The van der Waals surface area contributed by atoms with E-state index in [1.165, 1.54) is 0 Å². The molecule has 1 aliphatic rings. The van der Waals surface area contributed by atoms with E-state index in [4.69, 9.17) is 5.11 Å². The molecule has 2 rings (SSSR count). The molecule has 0 radical (unpaired) electrons. The number of likely N-dealkylation sites (tertiary alicyclic amines) is 1. The zero-order chi connectivity index (χ0) is 13.0. The average molecular weight is 359 g/mol. The zero-order valence-corrected chi connectivity index (χ0v) is 12.5. The van der Waals surface area contributed by atoms with Crippen molar-refractivity contribution >= 4 is 28.4 Å². The summed E-state index contributed by atoms with van der Waals surface area (Å²) in [7, 11) is 0. The van der Waals surface area contributed by atoms with Crippen LogP contribution in [-0.2, 0) is 0 Å². The minimum Gasteiger partial charge on any atom is -0.396 e. The number of rotatable bonds is 5. The second-order valence-corrected chi connectivity index (χ2v) is 6.08. The highest BCUT2D eigenvalue weighted by Crippen LogP contribution is 2.19. The van der Waals surface area contributed by atoms with Gasteiger partial charge in [0, 0.05) is 22.3 Å². The number of hydrogen-bond donors (Lipinski definition) is 1. The molecule has 0 amide bonds. The Morgan fingerprint density at radius 2 is 2.11 bits per heavy atom. The summed E-state index contributed by atoms with van der Waals surface area (Å²) in [5, 5.41) is 8.91. The summed E-state index contributed by atoms with van der Waals surface area (Å²) in [6, 6.07) is 7.72. The van der Waals surface area contributed by atoms with Crippen LogP contribution in [0.3, 0.4) is 0 Å². The van der Waals surface area contributed by atoms with Gasteiger partial charge in [0.2, 0.25) is 0 Å². The zero-order valence-electron chi connectivity index (χ0n) is 10.3. The first-order chi connectivity index (χ1) is 8.69. The number of benzene rings is 1. The van der Waals surface area contributed by atoms with Crippen molar-refractivity contribution in [2.24, 2.45) is 5.92 Å². The molecule has 1 saturated heterocycles. The first-order valence-corrected chi connectivity index (χ1v) is 7.39. The fourth-order valence-corrected chi connectivity index (χ4v) is 2.76. The van der Waals surface area contributed by atoms with Gasteiger partial charge in [-0.2, -0.15) is 0 Å². The van der Waals surface area contributed by atoms with Crippen molar-refractivity contribution in [2.45, 2.75) is 12.8 Å². The molecule has 1 unspecified atom stereocenters. The molecular weight excluding hydrogens is 341 g/mol. The van der Waals surface area contributed by atoms with E-state index >= 15 is 0 Å². The number of ketones is 1. The van der Waals surface area contributed by atoms with Crippen molar-refractivity contribution < 1.29 is 9.90 Å². The average Bonchev–Trinajstić information content (AvgIpc) is 2.78. The van der Waals surface area contributed by atoms with Gasteiger partial charge < -0.3 is 5.11 Å². The number of nitrogens with zero attached hydrogens (tertiary/aromatic N) is 1. The molecule has 1 aromatic carbocycles. The Morgan fingerprint density at radius 1 is 1.39 bits per heavy atom. The molecule has 1 fully saturated rings. The van der Waals surface area contributed by atoms with Crippen LogP contribution in [-0.4, -0.2) is 42.0 Å². The van der Waals surface area contributed by atoms with Crippen LogP contribution in [0.15, 0.2) is 24.3 Å². The van der Waals surface area contributed by atoms with Crippen LogP contribution in [0, 0.1) is 9.49 Å². The van der Waals surface area contributed by atoms with Crippen molar-refractivity contribution in [3.05, 3.63) is 33.4 Å². The Hall–Kier alpha value is -0.460. The molecule has 1 N–H and O–H groups in total. The number of carbonyl (C=O) groups excluding carboxylic acids is 1. The topological polar surface area (TPSA) is 40.5 Å². The maximum absolute atomic E-state index is 12.1. The van der Waals surface area contributed by atoms with Gasteiger partial charge in [-0.25, -0.2) is 0 Å². The van der Waals surface area contributed by atoms with Gasteiger partial charge >= 0.3 is 0 Å². The quantitative estimate of drug-likeness (QED) is 0.647. The minimum atomic E-state index is 0.191. The van der Waals surface area contributed by atoms with Gasteiger partial charge in [-0.3, -0.25) is 9.69 Å². The number of halogens is 1. The maximum Gasteiger partial charge on any atom is 0.176 e. The summed E-state index contributed by atoms with van der Waals surface area (Å²) < 4.78 is 1.15. The largest absolute Gasteiger partial charge is 0.396 e. The molecule has 0 aliphatic carbocycles. The van der Waals surface area contributed by atoms with E-state index in [2.05, 4.69) is 27.5 Å². The lowest BCUT2D eigenvalue weighted by atomic mass is 10.1. The van der Waals surface area contributed by atoms with E-state index < -0.39 is 0 Å². The molecule has 18 heavy (non-hydrogen) atoms. The molecule has 3 nitrogen and oxygen atoms in total. The Bertz CT molecular complexity index is 405. The van der Waals surface area contributed by atoms with Gasteiger partial charge in [0.15, 0.2) is 5.78 Å². The van der Waals surface area contributed by atoms with Gasteiger partial charge in [-0.1, -0.05) is 12.1 Å². The van der Waals surface area contributed by atoms with Crippen molar-refractivity contribution in [3.63, 3.8) is 0 Å². The van der Waals surface area contributed by atoms with Gasteiger partial charge in [-0.05, 0) is 60.0 Å². The Kier molecular flexibility index (Phi) is 5.14. The van der Waals surface area contributed by atoms with Crippen LogP contribution in [0.25, 0.3) is 0 Å². The van der Waals surface area contributed by atoms with Crippen LogP contribution in [0.1, 0.15) is 23.2 Å². The van der Waals surface area contributed by atoms with Crippen molar-refractivity contribution in [1.29, 1.82) is 0 Å². The number of Topliss-reactive ketones (excluding diaryl/α,β-unsaturated/α-hetero) is 1.